The Labute approximate surface area is 211 Å². The third kappa shape index (κ3) is 6.06. The van der Waals surface area contributed by atoms with E-state index in [2.05, 4.69) is 48.5 Å². The molecule has 1 aliphatic heterocycles. The molecule has 5 heteroatoms. The lowest BCUT2D eigenvalue weighted by Crippen LogP contribution is -2.33. The van der Waals surface area contributed by atoms with Crippen molar-refractivity contribution in [3.05, 3.63) is 58.7 Å². The molecule has 0 saturated carbocycles. The van der Waals surface area contributed by atoms with Crippen molar-refractivity contribution in [1.82, 2.24) is 4.90 Å². The second-order valence-corrected chi connectivity index (χ2v) is 12.2. The van der Waals surface area contributed by atoms with E-state index in [0.29, 0.717) is 17.3 Å². The van der Waals surface area contributed by atoms with E-state index in [1.54, 1.807) is 0 Å². The number of phenolic OH excluding ortho intramolecular Hbond substituents is 1. The zero-order chi connectivity index (χ0) is 26.1. The maximum atomic E-state index is 13.5. The summed E-state index contributed by atoms with van der Waals surface area (Å²) < 4.78 is 0. The van der Waals surface area contributed by atoms with Gasteiger partial charge >= 0.3 is 0 Å². The van der Waals surface area contributed by atoms with Gasteiger partial charge in [0.2, 0.25) is 0 Å². The van der Waals surface area contributed by atoms with Crippen molar-refractivity contribution in [2.45, 2.75) is 78.6 Å². The first kappa shape index (κ1) is 26.8. The average molecular weight is 478 g/mol. The fourth-order valence-corrected chi connectivity index (χ4v) is 5.15. The van der Waals surface area contributed by atoms with Crippen LogP contribution in [-0.2, 0) is 17.3 Å². The Kier molecular flexibility index (Phi) is 7.68. The summed E-state index contributed by atoms with van der Waals surface area (Å²) >= 11 is 0. The van der Waals surface area contributed by atoms with Crippen molar-refractivity contribution in [2.24, 2.45) is 11.8 Å². The molecule has 0 unspecified atom stereocenters. The highest BCUT2D eigenvalue weighted by Crippen LogP contribution is 2.40. The highest BCUT2D eigenvalue weighted by molar-refractivity contribution is 6.01. The third-order valence-electron chi connectivity index (χ3n) is 7.19. The topological polar surface area (TPSA) is 90.4 Å². The van der Waals surface area contributed by atoms with Gasteiger partial charge in [-0.1, -0.05) is 67.0 Å². The van der Waals surface area contributed by atoms with Gasteiger partial charge in [0.05, 0.1) is 6.54 Å². The van der Waals surface area contributed by atoms with Gasteiger partial charge < -0.3 is 15.7 Å². The first-order valence-electron chi connectivity index (χ1n) is 12.8. The second-order valence-electron chi connectivity index (χ2n) is 12.2. The number of nitrogens with two attached hydrogens (primary N) is 1. The van der Waals surface area contributed by atoms with Gasteiger partial charge in [-0.3, -0.25) is 10.2 Å². The minimum atomic E-state index is -0.295. The molecular formula is C30H43N3O2. The number of phenols is 1. The molecular weight excluding hydrogens is 434 g/mol. The SMILES string of the molecule is CCC[C@H]1CN(CC(=O)c2cc(C(C)(C)C)c(O)c(C(C)(C)C)c2)C(=N)[C@@H]1Cc1ccc(N)cc1. The summed E-state index contributed by atoms with van der Waals surface area (Å²) in [5.41, 5.74) is 9.36. The molecule has 3 rings (SSSR count). The van der Waals surface area contributed by atoms with Crippen LogP contribution in [0.25, 0.3) is 0 Å². The number of likely N-dealkylation sites (tertiary alicyclic amines) is 1. The summed E-state index contributed by atoms with van der Waals surface area (Å²) in [5.74, 6) is 1.28. The van der Waals surface area contributed by atoms with Crippen molar-refractivity contribution in [3.63, 3.8) is 0 Å². The highest BCUT2D eigenvalue weighted by Gasteiger charge is 2.38. The largest absolute Gasteiger partial charge is 0.507 e. The molecule has 0 aromatic heterocycles. The van der Waals surface area contributed by atoms with Crippen molar-refractivity contribution >= 4 is 17.3 Å². The van der Waals surface area contributed by atoms with Gasteiger partial charge in [0, 0.05) is 34.8 Å². The van der Waals surface area contributed by atoms with Crippen LogP contribution in [0.15, 0.2) is 36.4 Å². The Morgan fingerprint density at radius 3 is 2.09 bits per heavy atom. The molecule has 1 fully saturated rings. The lowest BCUT2D eigenvalue weighted by atomic mass is 9.78. The number of nitrogens with zero attached hydrogens (tertiary/aromatic N) is 1. The number of nitrogens with one attached hydrogen (secondary N) is 1. The molecule has 2 atom stereocenters. The molecule has 4 N–H and O–H groups in total. The minimum absolute atomic E-state index is 0.00543. The summed E-state index contributed by atoms with van der Waals surface area (Å²) in [5, 5.41) is 20.0. The van der Waals surface area contributed by atoms with E-state index in [1.165, 1.54) is 5.56 Å². The first-order valence-corrected chi connectivity index (χ1v) is 12.8. The predicted octanol–water partition coefficient (Wildman–Crippen LogP) is 6.32. The van der Waals surface area contributed by atoms with Gasteiger partial charge in [0.1, 0.15) is 11.6 Å². The summed E-state index contributed by atoms with van der Waals surface area (Å²) in [7, 11) is 0. The van der Waals surface area contributed by atoms with Crippen LogP contribution in [0.1, 0.15) is 88.4 Å². The van der Waals surface area contributed by atoms with E-state index in [4.69, 9.17) is 11.1 Å². The predicted molar refractivity (Wildman–Crippen MR) is 146 cm³/mol. The summed E-state index contributed by atoms with van der Waals surface area (Å²) in [4.78, 5) is 15.5. The summed E-state index contributed by atoms with van der Waals surface area (Å²) in [6, 6.07) is 11.6. The van der Waals surface area contributed by atoms with Crippen molar-refractivity contribution in [2.75, 3.05) is 18.8 Å². The molecule has 0 aliphatic carbocycles. The number of ketones is 1. The number of amidine groups is 1. The minimum Gasteiger partial charge on any atom is -0.507 e. The summed E-state index contributed by atoms with van der Waals surface area (Å²) in [6.45, 7) is 15.4. The molecule has 1 saturated heterocycles. The van der Waals surface area contributed by atoms with Crippen LogP contribution in [0, 0.1) is 17.2 Å². The Bertz CT molecular complexity index is 1040. The standard InChI is InChI=1S/C30H43N3O2/c1-8-9-20-17-33(28(32)23(20)14-19-10-12-22(31)13-11-19)18-26(34)21-15-24(29(2,3)4)27(35)25(16-21)30(5,6)7/h10-13,15-16,20,23,32,35H,8-9,14,17-18,31H2,1-7H3/t20-,23+/m0/s1. The highest BCUT2D eigenvalue weighted by atomic mass is 16.3. The van der Waals surface area contributed by atoms with E-state index in [-0.39, 0.29) is 34.8 Å². The molecule has 35 heavy (non-hydrogen) atoms. The van der Waals surface area contributed by atoms with E-state index in [9.17, 15) is 9.90 Å². The van der Waals surface area contributed by atoms with Gasteiger partial charge in [0.15, 0.2) is 5.78 Å². The number of aromatic hydroxyl groups is 1. The number of carbonyl (C=O) groups excluding carboxylic acids is 1. The van der Waals surface area contributed by atoms with Crippen molar-refractivity contribution in [1.29, 1.82) is 5.41 Å². The van der Waals surface area contributed by atoms with E-state index >= 15 is 0 Å². The molecule has 0 radical (unpaired) electrons. The molecule has 0 amide bonds. The molecule has 2 aromatic carbocycles. The number of benzene rings is 2. The van der Waals surface area contributed by atoms with Crippen LogP contribution in [0.2, 0.25) is 0 Å². The smallest absolute Gasteiger partial charge is 0.182 e. The lowest BCUT2D eigenvalue weighted by Gasteiger charge is -2.28. The molecule has 190 valence electrons. The number of rotatable bonds is 7. The number of Topliss-reactive ketones (excluding diaryl/α,β-unsaturated/α-hetero) is 1. The average Bonchev–Trinajstić information content (AvgIpc) is 3.03. The number of carbonyl (C=O) groups is 1. The molecule has 2 aromatic rings. The number of hydrogen-bond donors (Lipinski definition) is 3. The van der Waals surface area contributed by atoms with E-state index in [0.717, 1.165) is 42.6 Å². The lowest BCUT2D eigenvalue weighted by molar-refractivity contribution is 0.0963. The summed E-state index contributed by atoms with van der Waals surface area (Å²) in [6.07, 6.45) is 2.88. The number of anilines is 1. The van der Waals surface area contributed by atoms with E-state index in [1.807, 2.05) is 41.3 Å². The zero-order valence-electron chi connectivity index (χ0n) is 22.5. The zero-order valence-corrected chi connectivity index (χ0v) is 22.5. The van der Waals surface area contributed by atoms with Gasteiger partial charge in [-0.25, -0.2) is 0 Å². The van der Waals surface area contributed by atoms with Crippen molar-refractivity contribution < 1.29 is 9.90 Å². The number of nitrogen functional groups attached to an aromatic ring is 1. The Hall–Kier alpha value is -2.82. The van der Waals surface area contributed by atoms with Crippen LogP contribution in [-0.4, -0.2) is 34.7 Å². The maximum Gasteiger partial charge on any atom is 0.182 e. The quantitative estimate of drug-likeness (QED) is 0.321. The van der Waals surface area contributed by atoms with Crippen LogP contribution >= 0.6 is 0 Å². The van der Waals surface area contributed by atoms with Gasteiger partial charge in [-0.05, 0) is 59.4 Å². The molecule has 5 nitrogen and oxygen atoms in total. The Balaban J connectivity index is 1.87. The molecule has 1 aliphatic rings. The van der Waals surface area contributed by atoms with Crippen LogP contribution in [0.4, 0.5) is 5.69 Å². The first-order chi connectivity index (χ1) is 16.2. The normalized spacial score (nSPS) is 18.8. The van der Waals surface area contributed by atoms with Crippen molar-refractivity contribution in [3.8, 4) is 5.75 Å². The fourth-order valence-electron chi connectivity index (χ4n) is 5.15. The van der Waals surface area contributed by atoms with Gasteiger partial charge in [0.25, 0.3) is 0 Å². The van der Waals surface area contributed by atoms with Crippen LogP contribution in [0.3, 0.4) is 0 Å². The second kappa shape index (κ2) is 10.0. The monoisotopic (exact) mass is 477 g/mol. The Morgan fingerprint density at radius 1 is 1.06 bits per heavy atom. The van der Waals surface area contributed by atoms with Gasteiger partial charge in [-0.2, -0.15) is 0 Å². The van der Waals surface area contributed by atoms with Crippen LogP contribution in [0.5, 0.6) is 5.75 Å². The molecule has 0 bridgehead atoms. The fraction of sp³-hybridized carbons (Fsp3) is 0.533. The molecule has 1 heterocycles. The maximum absolute atomic E-state index is 13.5. The third-order valence-corrected chi connectivity index (χ3v) is 7.19. The van der Waals surface area contributed by atoms with Gasteiger partial charge in [-0.15, -0.1) is 0 Å². The van der Waals surface area contributed by atoms with E-state index < -0.39 is 0 Å². The number of hydrogen-bond acceptors (Lipinski definition) is 4. The molecule has 0 spiro atoms. The Morgan fingerprint density at radius 2 is 1.60 bits per heavy atom. The van der Waals surface area contributed by atoms with Crippen LogP contribution < -0.4 is 5.73 Å².